The molecular weight excluding hydrogens is 272 g/mol. The second-order valence-corrected chi connectivity index (χ2v) is 6.34. The molecule has 0 unspecified atom stereocenters. The molecule has 1 aromatic rings. The Morgan fingerprint density at radius 3 is 2.71 bits per heavy atom. The fourth-order valence-corrected chi connectivity index (χ4v) is 3.35. The van der Waals surface area contributed by atoms with Gasteiger partial charge in [-0.15, -0.1) is 0 Å². The molecule has 2 saturated carbocycles. The Balaban J connectivity index is 1.59. The third-order valence-corrected chi connectivity index (χ3v) is 4.79. The number of hydrogen-bond donors (Lipinski definition) is 1. The van der Waals surface area contributed by atoms with Crippen LogP contribution in [-0.2, 0) is 4.79 Å². The van der Waals surface area contributed by atoms with Crippen LogP contribution in [0.4, 0.5) is 4.79 Å². The largest absolute Gasteiger partial charge is 0.337 e. The van der Waals surface area contributed by atoms with Gasteiger partial charge in [-0.05, 0) is 32.6 Å². The van der Waals surface area contributed by atoms with Gasteiger partial charge in [0, 0.05) is 5.92 Å². The maximum atomic E-state index is 12.7. The average molecular weight is 290 g/mol. The highest BCUT2D eigenvalue weighted by atomic mass is 16.5. The van der Waals surface area contributed by atoms with Crippen LogP contribution < -0.4 is 5.32 Å². The summed E-state index contributed by atoms with van der Waals surface area (Å²) in [7, 11) is 0. The third-order valence-electron chi connectivity index (χ3n) is 4.79. The Kier molecular flexibility index (Phi) is 2.61. The number of nitrogens with one attached hydrogen (secondary N) is 1. The molecule has 1 spiro atoms. The van der Waals surface area contributed by atoms with Crippen molar-refractivity contribution >= 4 is 11.9 Å². The first kappa shape index (κ1) is 12.8. The first-order valence-electron chi connectivity index (χ1n) is 7.60. The highest BCUT2D eigenvalue weighted by Gasteiger charge is 2.54. The highest BCUT2D eigenvalue weighted by molar-refractivity contribution is 6.07. The van der Waals surface area contributed by atoms with Gasteiger partial charge < -0.3 is 9.84 Å². The molecule has 2 heterocycles. The minimum Gasteiger partial charge on any atom is -0.337 e. The summed E-state index contributed by atoms with van der Waals surface area (Å²) in [4.78, 5) is 30.5. The van der Waals surface area contributed by atoms with Gasteiger partial charge in [0.05, 0.1) is 0 Å². The molecule has 0 bridgehead atoms. The van der Waals surface area contributed by atoms with Crippen molar-refractivity contribution in [1.29, 1.82) is 0 Å². The lowest BCUT2D eigenvalue weighted by Crippen LogP contribution is -2.44. The van der Waals surface area contributed by atoms with Gasteiger partial charge in [0.15, 0.2) is 5.82 Å². The number of nitrogens with zero attached hydrogens (tertiary/aromatic N) is 3. The molecule has 1 N–H and O–H groups in total. The van der Waals surface area contributed by atoms with Crippen LogP contribution >= 0.6 is 0 Å². The Labute approximate surface area is 122 Å². The molecule has 2 aliphatic carbocycles. The van der Waals surface area contributed by atoms with E-state index in [1.165, 1.54) is 4.90 Å². The van der Waals surface area contributed by atoms with E-state index < -0.39 is 11.6 Å². The van der Waals surface area contributed by atoms with E-state index in [1.807, 2.05) is 0 Å². The Hall–Kier alpha value is -1.92. The predicted molar refractivity (Wildman–Crippen MR) is 71.3 cm³/mol. The van der Waals surface area contributed by atoms with Gasteiger partial charge in [0.2, 0.25) is 5.89 Å². The van der Waals surface area contributed by atoms with E-state index in [0.29, 0.717) is 17.6 Å². The molecule has 3 fully saturated rings. The summed E-state index contributed by atoms with van der Waals surface area (Å²) >= 11 is 0. The summed E-state index contributed by atoms with van der Waals surface area (Å²) in [6.45, 7) is 1.76. The molecule has 112 valence electrons. The van der Waals surface area contributed by atoms with E-state index in [4.69, 9.17) is 4.52 Å². The van der Waals surface area contributed by atoms with Crippen LogP contribution in [0.25, 0.3) is 0 Å². The number of carbonyl (C=O) groups excluding carboxylic acids is 2. The Morgan fingerprint density at radius 2 is 2.05 bits per heavy atom. The highest BCUT2D eigenvalue weighted by Crippen LogP contribution is 2.40. The molecule has 1 atom stereocenters. The SMILES string of the molecule is C[C@H](c1nc(C2CC2)no1)N1C(=O)NC2(CCCC2)C1=O. The van der Waals surface area contributed by atoms with E-state index in [-0.39, 0.29) is 11.9 Å². The van der Waals surface area contributed by atoms with E-state index in [1.54, 1.807) is 6.92 Å². The summed E-state index contributed by atoms with van der Waals surface area (Å²) < 4.78 is 5.25. The quantitative estimate of drug-likeness (QED) is 0.858. The van der Waals surface area contributed by atoms with E-state index in [2.05, 4.69) is 15.5 Å². The van der Waals surface area contributed by atoms with Gasteiger partial charge in [-0.1, -0.05) is 18.0 Å². The minimum atomic E-state index is -0.690. The van der Waals surface area contributed by atoms with Gasteiger partial charge in [0.1, 0.15) is 11.6 Å². The molecule has 3 aliphatic rings. The van der Waals surface area contributed by atoms with Gasteiger partial charge in [-0.3, -0.25) is 4.79 Å². The molecule has 4 rings (SSSR count). The lowest BCUT2D eigenvalue weighted by Gasteiger charge is -2.22. The zero-order valence-electron chi connectivity index (χ0n) is 12.0. The summed E-state index contributed by atoms with van der Waals surface area (Å²) in [5.41, 5.74) is -0.690. The van der Waals surface area contributed by atoms with E-state index in [0.717, 1.165) is 38.5 Å². The molecule has 1 aliphatic heterocycles. The fraction of sp³-hybridized carbons (Fsp3) is 0.714. The standard InChI is InChI=1S/C14H18N4O3/c1-8(11-15-10(17-21-11)9-4-5-9)18-12(19)14(16-13(18)20)6-2-3-7-14/h8-9H,2-7H2,1H3,(H,16,20)/t8-/m1/s1. The van der Waals surface area contributed by atoms with Crippen molar-refractivity contribution in [2.24, 2.45) is 0 Å². The molecule has 3 amide bonds. The summed E-state index contributed by atoms with van der Waals surface area (Å²) in [6.07, 6.45) is 5.55. The predicted octanol–water partition coefficient (Wildman–Crippen LogP) is 1.87. The van der Waals surface area contributed by atoms with Crippen LogP contribution in [0.3, 0.4) is 0 Å². The minimum absolute atomic E-state index is 0.149. The number of amides is 3. The third kappa shape index (κ3) is 1.86. The molecular formula is C14H18N4O3. The first-order chi connectivity index (χ1) is 10.1. The number of hydrogen-bond acceptors (Lipinski definition) is 5. The topological polar surface area (TPSA) is 88.3 Å². The van der Waals surface area contributed by atoms with Crippen LogP contribution in [0.1, 0.15) is 69.1 Å². The average Bonchev–Trinajstić information content (AvgIpc) is 2.93. The number of imide groups is 1. The summed E-state index contributed by atoms with van der Waals surface area (Å²) in [5.74, 6) is 1.28. The van der Waals surface area contributed by atoms with Crippen LogP contribution in [0.2, 0.25) is 0 Å². The summed E-state index contributed by atoms with van der Waals surface area (Å²) in [5, 5.41) is 6.82. The number of urea groups is 1. The zero-order valence-corrected chi connectivity index (χ0v) is 12.0. The van der Waals surface area contributed by atoms with Crippen molar-refractivity contribution in [1.82, 2.24) is 20.4 Å². The number of aromatic nitrogens is 2. The van der Waals surface area contributed by atoms with Gasteiger partial charge in [-0.2, -0.15) is 4.98 Å². The molecule has 1 aromatic heterocycles. The van der Waals surface area contributed by atoms with Gasteiger partial charge in [-0.25, -0.2) is 9.69 Å². The second kappa shape index (κ2) is 4.29. The molecule has 0 radical (unpaired) electrons. The molecule has 21 heavy (non-hydrogen) atoms. The van der Waals surface area contributed by atoms with Crippen molar-refractivity contribution in [2.75, 3.05) is 0 Å². The van der Waals surface area contributed by atoms with Crippen molar-refractivity contribution in [2.45, 2.75) is 62.9 Å². The van der Waals surface area contributed by atoms with Crippen molar-refractivity contribution in [3.05, 3.63) is 11.7 Å². The smallest absolute Gasteiger partial charge is 0.325 e. The lowest BCUT2D eigenvalue weighted by atomic mass is 9.98. The molecule has 1 saturated heterocycles. The normalized spacial score (nSPS) is 25.7. The Bertz CT molecular complexity index is 601. The van der Waals surface area contributed by atoms with Crippen LogP contribution in [0.5, 0.6) is 0 Å². The molecule has 0 aromatic carbocycles. The Morgan fingerprint density at radius 1 is 1.33 bits per heavy atom. The molecule has 7 nitrogen and oxygen atoms in total. The van der Waals surface area contributed by atoms with Crippen LogP contribution in [0, 0.1) is 0 Å². The summed E-state index contributed by atoms with van der Waals surface area (Å²) in [6, 6.07) is -0.863. The number of carbonyl (C=O) groups is 2. The van der Waals surface area contributed by atoms with E-state index in [9.17, 15) is 9.59 Å². The number of rotatable bonds is 3. The monoisotopic (exact) mass is 290 g/mol. The van der Waals surface area contributed by atoms with Crippen molar-refractivity contribution < 1.29 is 14.1 Å². The zero-order chi connectivity index (χ0) is 14.6. The maximum absolute atomic E-state index is 12.7. The molecule has 7 heteroatoms. The van der Waals surface area contributed by atoms with Crippen LogP contribution in [0.15, 0.2) is 4.52 Å². The lowest BCUT2D eigenvalue weighted by molar-refractivity contribution is -0.132. The van der Waals surface area contributed by atoms with Gasteiger partial charge in [0.25, 0.3) is 5.91 Å². The maximum Gasteiger partial charge on any atom is 0.325 e. The van der Waals surface area contributed by atoms with E-state index >= 15 is 0 Å². The fourth-order valence-electron chi connectivity index (χ4n) is 3.35. The second-order valence-electron chi connectivity index (χ2n) is 6.34. The van der Waals surface area contributed by atoms with Crippen molar-refractivity contribution in [3.63, 3.8) is 0 Å². The van der Waals surface area contributed by atoms with Gasteiger partial charge >= 0.3 is 6.03 Å². The van der Waals surface area contributed by atoms with Crippen LogP contribution in [-0.4, -0.2) is 32.5 Å². The first-order valence-corrected chi connectivity index (χ1v) is 7.60. The van der Waals surface area contributed by atoms with Crippen molar-refractivity contribution in [3.8, 4) is 0 Å².